The van der Waals surface area contributed by atoms with E-state index < -0.39 is 5.60 Å². The summed E-state index contributed by atoms with van der Waals surface area (Å²) in [6.45, 7) is 7.54. The van der Waals surface area contributed by atoms with Crippen molar-refractivity contribution >= 4 is 0 Å². The molecule has 1 rings (SSSR count). The van der Waals surface area contributed by atoms with Crippen LogP contribution in [0.3, 0.4) is 0 Å². The molecule has 3 N–H and O–H groups in total. The first kappa shape index (κ1) is 11.2. The first-order chi connectivity index (χ1) is 6.32. The summed E-state index contributed by atoms with van der Waals surface area (Å²) in [5, 5.41) is 9.81. The molecule has 14 heavy (non-hydrogen) atoms. The summed E-state index contributed by atoms with van der Waals surface area (Å²) in [5.41, 5.74) is 8.47. The summed E-state index contributed by atoms with van der Waals surface area (Å²) < 4.78 is 0. The van der Waals surface area contributed by atoms with Gasteiger partial charge in [-0.1, -0.05) is 23.8 Å². The van der Waals surface area contributed by atoms with Crippen LogP contribution < -0.4 is 5.73 Å². The van der Waals surface area contributed by atoms with Crippen LogP contribution in [-0.4, -0.2) is 10.7 Å². The van der Waals surface area contributed by atoms with Gasteiger partial charge in [0.15, 0.2) is 0 Å². The van der Waals surface area contributed by atoms with Crippen molar-refractivity contribution in [1.29, 1.82) is 0 Å². The van der Waals surface area contributed by atoms with Crippen molar-refractivity contribution < 1.29 is 5.11 Å². The van der Waals surface area contributed by atoms with E-state index in [4.69, 9.17) is 5.73 Å². The van der Waals surface area contributed by atoms with Gasteiger partial charge < -0.3 is 10.8 Å². The average molecular weight is 193 g/mol. The Morgan fingerprint density at radius 2 is 1.86 bits per heavy atom. The van der Waals surface area contributed by atoms with Crippen molar-refractivity contribution in [1.82, 2.24) is 0 Å². The minimum Gasteiger partial charge on any atom is -0.388 e. The molecule has 0 saturated heterocycles. The molecule has 1 aromatic carbocycles. The molecule has 0 heterocycles. The number of nitrogens with two attached hydrogens (primary N) is 1. The van der Waals surface area contributed by atoms with E-state index in [1.807, 2.05) is 26.0 Å². The second-order valence-electron chi connectivity index (χ2n) is 4.49. The van der Waals surface area contributed by atoms with Gasteiger partial charge in [-0.25, -0.2) is 0 Å². The first-order valence-corrected chi connectivity index (χ1v) is 4.87. The molecular weight excluding hydrogens is 174 g/mol. The highest BCUT2D eigenvalue weighted by Crippen LogP contribution is 2.25. The molecule has 0 aromatic heterocycles. The lowest BCUT2D eigenvalue weighted by Gasteiger charge is -2.27. The maximum absolute atomic E-state index is 9.81. The predicted molar refractivity (Wildman–Crippen MR) is 59.1 cm³/mol. The van der Waals surface area contributed by atoms with Crippen LogP contribution in [0.5, 0.6) is 0 Å². The maximum atomic E-state index is 9.81. The number of aryl methyl sites for hydroxylation is 2. The summed E-state index contributed by atoms with van der Waals surface area (Å²) in [6, 6.07) is 5.77. The topological polar surface area (TPSA) is 46.2 Å². The van der Waals surface area contributed by atoms with Crippen molar-refractivity contribution in [3.63, 3.8) is 0 Å². The van der Waals surface area contributed by atoms with Crippen molar-refractivity contribution in [2.75, 3.05) is 0 Å². The zero-order valence-corrected chi connectivity index (χ0v) is 9.33. The van der Waals surface area contributed by atoms with Gasteiger partial charge in [-0.05, 0) is 38.8 Å². The normalized spacial score (nSPS) is 14.1. The quantitative estimate of drug-likeness (QED) is 0.755. The molecule has 0 radical (unpaired) electrons. The molecule has 1 aromatic rings. The van der Waals surface area contributed by atoms with E-state index in [2.05, 4.69) is 6.07 Å². The van der Waals surface area contributed by atoms with Crippen molar-refractivity contribution in [3.05, 3.63) is 34.9 Å². The van der Waals surface area contributed by atoms with E-state index in [-0.39, 0.29) is 6.04 Å². The van der Waals surface area contributed by atoms with Crippen molar-refractivity contribution in [3.8, 4) is 0 Å². The Kier molecular flexibility index (Phi) is 2.98. The number of benzene rings is 1. The van der Waals surface area contributed by atoms with Gasteiger partial charge >= 0.3 is 0 Å². The van der Waals surface area contributed by atoms with E-state index in [9.17, 15) is 5.11 Å². The molecule has 0 saturated carbocycles. The third kappa shape index (κ3) is 2.34. The van der Waals surface area contributed by atoms with E-state index in [0.29, 0.717) is 0 Å². The van der Waals surface area contributed by atoms with Crippen LogP contribution in [0.15, 0.2) is 18.2 Å². The maximum Gasteiger partial charge on any atom is 0.0783 e. The summed E-state index contributed by atoms with van der Waals surface area (Å²) in [4.78, 5) is 0. The van der Waals surface area contributed by atoms with Crippen LogP contribution in [0.2, 0.25) is 0 Å². The van der Waals surface area contributed by atoms with Crippen LogP contribution in [0, 0.1) is 13.8 Å². The van der Waals surface area contributed by atoms with Gasteiger partial charge in [0.05, 0.1) is 11.6 Å². The summed E-state index contributed by atoms with van der Waals surface area (Å²) in [6.07, 6.45) is 0. The fourth-order valence-corrected chi connectivity index (χ4v) is 1.56. The molecule has 0 aliphatic heterocycles. The largest absolute Gasteiger partial charge is 0.388 e. The van der Waals surface area contributed by atoms with E-state index in [0.717, 1.165) is 11.1 Å². The molecule has 0 aliphatic carbocycles. The van der Waals surface area contributed by atoms with E-state index >= 15 is 0 Å². The Labute approximate surface area is 85.8 Å². The summed E-state index contributed by atoms with van der Waals surface area (Å²) in [7, 11) is 0. The average Bonchev–Trinajstić information content (AvgIpc) is 2.01. The lowest BCUT2D eigenvalue weighted by atomic mass is 9.89. The van der Waals surface area contributed by atoms with Gasteiger partial charge in [-0.15, -0.1) is 0 Å². The summed E-state index contributed by atoms with van der Waals surface area (Å²) >= 11 is 0. The zero-order valence-electron chi connectivity index (χ0n) is 9.33. The van der Waals surface area contributed by atoms with Crippen LogP contribution in [0.4, 0.5) is 0 Å². The molecule has 0 fully saturated rings. The van der Waals surface area contributed by atoms with E-state index in [1.54, 1.807) is 13.8 Å². The Hall–Kier alpha value is -0.860. The molecular formula is C12H19NO. The van der Waals surface area contributed by atoms with Crippen LogP contribution in [0.1, 0.15) is 36.6 Å². The molecule has 0 spiro atoms. The highest BCUT2D eigenvalue weighted by molar-refractivity contribution is 5.33. The monoisotopic (exact) mass is 193 g/mol. The first-order valence-electron chi connectivity index (χ1n) is 4.87. The lowest BCUT2D eigenvalue weighted by molar-refractivity contribution is 0.0515. The van der Waals surface area contributed by atoms with Crippen LogP contribution >= 0.6 is 0 Å². The molecule has 0 amide bonds. The molecule has 1 atom stereocenters. The van der Waals surface area contributed by atoms with Gasteiger partial charge in [-0.3, -0.25) is 0 Å². The van der Waals surface area contributed by atoms with E-state index in [1.165, 1.54) is 5.56 Å². The van der Waals surface area contributed by atoms with Gasteiger partial charge in [0, 0.05) is 0 Å². The predicted octanol–water partition coefficient (Wildman–Crippen LogP) is 2.07. The fourth-order valence-electron chi connectivity index (χ4n) is 1.56. The lowest BCUT2D eigenvalue weighted by Crippen LogP contribution is -2.35. The highest BCUT2D eigenvalue weighted by Gasteiger charge is 2.25. The smallest absolute Gasteiger partial charge is 0.0783 e. The molecule has 78 valence electrons. The standard InChI is InChI=1S/C12H19NO/c1-8-5-6-10(9(2)7-8)11(13)12(3,4)14/h5-7,11,14H,13H2,1-4H3. The Morgan fingerprint density at radius 3 is 2.29 bits per heavy atom. The fraction of sp³-hybridized carbons (Fsp3) is 0.500. The third-order valence-corrected chi connectivity index (χ3v) is 2.52. The second-order valence-corrected chi connectivity index (χ2v) is 4.49. The minimum absolute atomic E-state index is 0.330. The molecule has 2 heteroatoms. The van der Waals surface area contributed by atoms with Crippen molar-refractivity contribution in [2.24, 2.45) is 5.73 Å². The molecule has 1 unspecified atom stereocenters. The third-order valence-electron chi connectivity index (χ3n) is 2.52. The van der Waals surface area contributed by atoms with Gasteiger partial charge in [0.25, 0.3) is 0 Å². The number of hydrogen-bond acceptors (Lipinski definition) is 2. The molecule has 0 aliphatic rings. The zero-order chi connectivity index (χ0) is 10.9. The highest BCUT2D eigenvalue weighted by atomic mass is 16.3. The van der Waals surface area contributed by atoms with Gasteiger partial charge in [0.2, 0.25) is 0 Å². The Bertz CT molecular complexity index is 326. The van der Waals surface area contributed by atoms with Crippen molar-refractivity contribution in [2.45, 2.75) is 39.3 Å². The summed E-state index contributed by atoms with van der Waals surface area (Å²) in [5.74, 6) is 0. The van der Waals surface area contributed by atoms with Crippen LogP contribution in [-0.2, 0) is 0 Å². The molecule has 2 nitrogen and oxygen atoms in total. The number of hydrogen-bond donors (Lipinski definition) is 2. The van der Waals surface area contributed by atoms with Gasteiger partial charge in [0.1, 0.15) is 0 Å². The minimum atomic E-state index is -0.875. The Morgan fingerprint density at radius 1 is 1.29 bits per heavy atom. The van der Waals surface area contributed by atoms with Crippen LogP contribution in [0.25, 0.3) is 0 Å². The number of rotatable bonds is 2. The SMILES string of the molecule is Cc1ccc(C(N)C(C)(C)O)c(C)c1. The second kappa shape index (κ2) is 3.71. The molecule has 0 bridgehead atoms. The Balaban J connectivity index is 3.08. The number of aliphatic hydroxyl groups is 1. The van der Waals surface area contributed by atoms with Gasteiger partial charge in [-0.2, -0.15) is 0 Å².